The van der Waals surface area contributed by atoms with Crippen molar-refractivity contribution in [2.75, 3.05) is 22.3 Å². The molecule has 36 heavy (non-hydrogen) atoms. The number of rotatable bonds is 9. The Balaban J connectivity index is 1.56. The number of aromatic carboxylic acids is 1. The largest absolute Gasteiger partial charge is 0.478 e. The third-order valence-corrected chi connectivity index (χ3v) is 7.23. The molecule has 4 rings (SSSR count). The lowest BCUT2D eigenvalue weighted by Gasteiger charge is -2.13. The first-order valence-electron chi connectivity index (χ1n) is 11.3. The quantitative estimate of drug-likeness (QED) is 0.304. The van der Waals surface area contributed by atoms with Crippen molar-refractivity contribution in [3.63, 3.8) is 0 Å². The van der Waals surface area contributed by atoms with E-state index in [4.69, 9.17) is 0 Å². The van der Waals surface area contributed by atoms with Crippen LogP contribution in [-0.4, -0.2) is 46.3 Å². The number of nitrogens with one attached hydrogen (secondary N) is 2. The van der Waals surface area contributed by atoms with E-state index in [2.05, 4.69) is 20.0 Å². The minimum atomic E-state index is -3.68. The van der Waals surface area contributed by atoms with Crippen LogP contribution < -0.4 is 10.0 Å². The van der Waals surface area contributed by atoms with Crippen LogP contribution in [0.4, 0.5) is 15.9 Å². The van der Waals surface area contributed by atoms with Crippen LogP contribution in [0.25, 0.3) is 22.2 Å². The minimum absolute atomic E-state index is 0.0396. The Morgan fingerprint density at radius 2 is 1.89 bits per heavy atom. The second-order valence-electron chi connectivity index (χ2n) is 8.35. The summed E-state index contributed by atoms with van der Waals surface area (Å²) in [7, 11) is -3.68. The van der Waals surface area contributed by atoms with E-state index in [1.54, 1.807) is 18.2 Å². The average Bonchev–Trinajstić information content (AvgIpc) is 3.18. The topological polar surface area (TPSA) is 126 Å². The first-order chi connectivity index (χ1) is 17.1. The van der Waals surface area contributed by atoms with Crippen molar-refractivity contribution in [3.05, 3.63) is 71.4 Å². The lowest BCUT2D eigenvalue weighted by atomic mass is 10.1. The summed E-state index contributed by atoms with van der Waals surface area (Å²) in [5.74, 6) is -1.20. The molecule has 0 unspecified atom stereocenters. The molecule has 0 aliphatic rings. The van der Waals surface area contributed by atoms with Crippen LogP contribution in [0.15, 0.2) is 48.8 Å². The van der Waals surface area contributed by atoms with Gasteiger partial charge in [-0.15, -0.1) is 0 Å². The lowest BCUT2D eigenvalue weighted by Crippen LogP contribution is -2.17. The fourth-order valence-electron chi connectivity index (χ4n) is 4.01. The maximum atomic E-state index is 14.5. The van der Waals surface area contributed by atoms with Crippen molar-refractivity contribution < 1.29 is 22.7 Å². The maximum Gasteiger partial charge on any atom is 0.337 e. The number of nitrogens with zero attached hydrogens (tertiary/aromatic N) is 3. The Morgan fingerprint density at radius 3 is 2.61 bits per heavy atom. The van der Waals surface area contributed by atoms with Crippen LogP contribution in [-0.2, 0) is 16.6 Å². The third-order valence-electron chi connectivity index (χ3n) is 5.93. The summed E-state index contributed by atoms with van der Waals surface area (Å²) >= 11 is 0. The molecule has 9 nitrogen and oxygen atoms in total. The fraction of sp³-hybridized carbons (Fsp3) is 0.240. The first kappa shape index (κ1) is 25.1. The molecule has 11 heteroatoms. The summed E-state index contributed by atoms with van der Waals surface area (Å²) < 4.78 is 42.8. The molecular formula is C25H26FN5O4S. The van der Waals surface area contributed by atoms with Gasteiger partial charge in [0.25, 0.3) is 0 Å². The molecule has 0 bridgehead atoms. The standard InChI is InChI=1S/C25H26FN5O4S/c1-4-36(34,35)30-22-12-17(6-7-18(22)25(32)33)21-13-23(29-14-28-21)27-9-10-31-16(3)11-19-15(2)5-8-20(26)24(19)31/h5-8,11-14,30H,4,9-10H2,1-3H3,(H,32,33)(H,27,28,29). The SMILES string of the molecule is CCS(=O)(=O)Nc1cc(-c2cc(NCCn3c(C)cc4c(C)ccc(F)c43)ncn2)ccc1C(=O)O. The zero-order chi connectivity index (χ0) is 26.0. The Morgan fingerprint density at radius 1 is 1.11 bits per heavy atom. The van der Waals surface area contributed by atoms with E-state index >= 15 is 0 Å². The molecule has 2 heterocycles. The number of aryl methyl sites for hydroxylation is 2. The molecule has 3 N–H and O–H groups in total. The number of carbonyl (C=O) groups is 1. The number of sulfonamides is 1. The van der Waals surface area contributed by atoms with Gasteiger partial charge < -0.3 is 15.0 Å². The Kier molecular flexibility index (Phi) is 6.93. The van der Waals surface area contributed by atoms with E-state index in [1.165, 1.54) is 31.5 Å². The van der Waals surface area contributed by atoms with Gasteiger partial charge in [-0.1, -0.05) is 12.1 Å². The number of carboxylic acid groups (broad SMARTS) is 1. The van der Waals surface area contributed by atoms with Gasteiger partial charge in [0, 0.05) is 35.8 Å². The first-order valence-corrected chi connectivity index (χ1v) is 12.9. The van der Waals surface area contributed by atoms with E-state index in [9.17, 15) is 22.7 Å². The highest BCUT2D eigenvalue weighted by Crippen LogP contribution is 2.27. The smallest absolute Gasteiger partial charge is 0.337 e. The van der Waals surface area contributed by atoms with Gasteiger partial charge in [0.1, 0.15) is 18.0 Å². The van der Waals surface area contributed by atoms with Crippen molar-refractivity contribution in [1.29, 1.82) is 0 Å². The molecule has 4 aromatic rings. The second kappa shape index (κ2) is 9.94. The normalized spacial score (nSPS) is 11.6. The molecule has 2 aromatic carbocycles. The third kappa shape index (κ3) is 5.15. The van der Waals surface area contributed by atoms with Gasteiger partial charge in [0.15, 0.2) is 0 Å². The van der Waals surface area contributed by atoms with Crippen LogP contribution >= 0.6 is 0 Å². The van der Waals surface area contributed by atoms with Crippen molar-refractivity contribution in [2.24, 2.45) is 0 Å². The Hall–Kier alpha value is -3.99. The second-order valence-corrected chi connectivity index (χ2v) is 10.4. The molecule has 0 aliphatic carbocycles. The van der Waals surface area contributed by atoms with Gasteiger partial charge >= 0.3 is 5.97 Å². The number of anilines is 2. The van der Waals surface area contributed by atoms with Crippen molar-refractivity contribution in [2.45, 2.75) is 27.3 Å². The summed E-state index contributed by atoms with van der Waals surface area (Å²) in [5, 5.41) is 13.5. The number of halogens is 1. The van der Waals surface area contributed by atoms with Crippen molar-refractivity contribution in [1.82, 2.24) is 14.5 Å². The lowest BCUT2D eigenvalue weighted by molar-refractivity contribution is 0.0698. The highest BCUT2D eigenvalue weighted by molar-refractivity contribution is 7.92. The van der Waals surface area contributed by atoms with Gasteiger partial charge in [-0.05, 0) is 50.6 Å². The number of hydrogen-bond acceptors (Lipinski definition) is 6. The van der Waals surface area contributed by atoms with Gasteiger partial charge in [0.2, 0.25) is 10.0 Å². The molecular weight excluding hydrogens is 485 g/mol. The predicted octanol–water partition coefficient (Wildman–Crippen LogP) is 4.43. The predicted molar refractivity (Wildman–Crippen MR) is 137 cm³/mol. The van der Waals surface area contributed by atoms with Crippen LogP contribution in [0.5, 0.6) is 0 Å². The average molecular weight is 512 g/mol. The van der Waals surface area contributed by atoms with E-state index in [0.717, 1.165) is 16.6 Å². The summed E-state index contributed by atoms with van der Waals surface area (Å²) in [5.41, 5.74) is 3.32. The molecule has 0 radical (unpaired) electrons. The number of fused-ring (bicyclic) bond motifs is 1. The summed E-state index contributed by atoms with van der Waals surface area (Å²) in [6, 6.07) is 11.2. The summed E-state index contributed by atoms with van der Waals surface area (Å²) in [4.78, 5) is 20.0. The number of hydrogen-bond donors (Lipinski definition) is 3. The van der Waals surface area contributed by atoms with Crippen molar-refractivity contribution in [3.8, 4) is 11.3 Å². The Bertz CT molecular complexity index is 1570. The fourth-order valence-corrected chi connectivity index (χ4v) is 4.66. The maximum absolute atomic E-state index is 14.5. The van der Waals surface area contributed by atoms with Crippen LogP contribution in [0.2, 0.25) is 0 Å². The summed E-state index contributed by atoms with van der Waals surface area (Å²) in [6.45, 7) is 6.32. The molecule has 0 saturated heterocycles. The molecule has 0 amide bonds. The van der Waals surface area contributed by atoms with Gasteiger partial charge in [-0.3, -0.25) is 4.72 Å². The van der Waals surface area contributed by atoms with Crippen LogP contribution in [0, 0.1) is 19.7 Å². The van der Waals surface area contributed by atoms with Crippen LogP contribution in [0.1, 0.15) is 28.5 Å². The summed E-state index contributed by atoms with van der Waals surface area (Å²) in [6.07, 6.45) is 1.36. The highest BCUT2D eigenvalue weighted by Gasteiger charge is 2.17. The molecule has 188 valence electrons. The Labute approximate surface area is 208 Å². The number of aromatic nitrogens is 3. The van der Waals surface area contributed by atoms with Crippen molar-refractivity contribution >= 4 is 38.4 Å². The number of benzene rings is 2. The number of carboxylic acids is 1. The molecule has 0 spiro atoms. The zero-order valence-electron chi connectivity index (χ0n) is 20.0. The molecule has 0 saturated carbocycles. The van der Waals surface area contributed by atoms with Gasteiger partial charge in [-0.2, -0.15) is 0 Å². The molecule has 0 fully saturated rings. The van der Waals surface area contributed by atoms with E-state index in [1.807, 2.05) is 24.5 Å². The van der Waals surface area contributed by atoms with Crippen LogP contribution in [0.3, 0.4) is 0 Å². The van der Waals surface area contributed by atoms with Gasteiger partial charge in [-0.25, -0.2) is 27.6 Å². The molecule has 2 aromatic heterocycles. The molecule has 0 atom stereocenters. The molecule has 0 aliphatic heterocycles. The van der Waals surface area contributed by atoms with E-state index < -0.39 is 16.0 Å². The monoisotopic (exact) mass is 511 g/mol. The minimum Gasteiger partial charge on any atom is -0.478 e. The van der Waals surface area contributed by atoms with E-state index in [-0.39, 0.29) is 22.8 Å². The van der Waals surface area contributed by atoms with E-state index in [0.29, 0.717) is 35.7 Å². The van der Waals surface area contributed by atoms with Gasteiger partial charge in [0.05, 0.1) is 28.2 Å². The zero-order valence-corrected chi connectivity index (χ0v) is 20.9. The highest BCUT2D eigenvalue weighted by atomic mass is 32.2.